The van der Waals surface area contributed by atoms with Crippen LogP contribution < -0.4 is 10.2 Å². The van der Waals surface area contributed by atoms with Crippen molar-refractivity contribution >= 4 is 45.5 Å². The molecule has 0 amide bonds. The van der Waals surface area contributed by atoms with E-state index in [9.17, 15) is 17.2 Å². The molecule has 0 spiro atoms. The molecule has 1 N–H and O–H groups in total. The number of anilines is 1. The van der Waals surface area contributed by atoms with Gasteiger partial charge in [0.2, 0.25) is 0 Å². The van der Waals surface area contributed by atoms with Crippen molar-refractivity contribution in [2.45, 2.75) is 11.8 Å². The lowest BCUT2D eigenvalue weighted by atomic mass is 10.2. The highest BCUT2D eigenvalue weighted by Gasteiger charge is 2.22. The number of aliphatic imine (C=N–C) groups is 1. The fourth-order valence-electron chi connectivity index (χ4n) is 3.33. The average Bonchev–Trinajstić information content (AvgIpc) is 2.75. The second-order valence-electron chi connectivity index (χ2n) is 6.94. The van der Waals surface area contributed by atoms with Crippen LogP contribution in [0, 0.1) is 11.6 Å². The Morgan fingerprint density at radius 3 is 2.39 bits per heavy atom. The molecule has 6 nitrogen and oxygen atoms in total. The summed E-state index contributed by atoms with van der Waals surface area (Å²) < 4.78 is 52.4. The van der Waals surface area contributed by atoms with Gasteiger partial charge in [-0.2, -0.15) is 0 Å². The maximum atomic E-state index is 14.0. The predicted molar refractivity (Wildman–Crippen MR) is 130 cm³/mol. The fourth-order valence-corrected chi connectivity index (χ4v) is 4.47. The first-order chi connectivity index (χ1) is 14.4. The van der Waals surface area contributed by atoms with Gasteiger partial charge in [-0.3, -0.25) is 4.99 Å². The van der Waals surface area contributed by atoms with Crippen LogP contribution in [0.2, 0.25) is 0 Å². The van der Waals surface area contributed by atoms with Crippen LogP contribution >= 0.6 is 24.0 Å². The number of nitrogens with one attached hydrogen (secondary N) is 1. The Morgan fingerprint density at radius 1 is 1.06 bits per heavy atom. The zero-order chi connectivity index (χ0) is 21.6. The third-order valence-corrected chi connectivity index (χ3v) is 6.60. The molecule has 0 aromatic heterocycles. The molecule has 170 valence electrons. The molecule has 1 saturated heterocycles. The van der Waals surface area contributed by atoms with Gasteiger partial charge in [-0.05, 0) is 31.2 Å². The Hall–Kier alpha value is -1.95. The molecule has 1 aliphatic heterocycles. The van der Waals surface area contributed by atoms with Crippen LogP contribution in [0.3, 0.4) is 0 Å². The number of hydrogen-bond acceptors (Lipinski definition) is 4. The van der Waals surface area contributed by atoms with Crippen LogP contribution in [0.5, 0.6) is 0 Å². The van der Waals surface area contributed by atoms with Crippen molar-refractivity contribution in [1.82, 2.24) is 10.2 Å². The van der Waals surface area contributed by atoms with E-state index in [1.54, 1.807) is 35.2 Å². The first-order valence-corrected chi connectivity index (χ1v) is 11.6. The summed E-state index contributed by atoms with van der Waals surface area (Å²) in [6.07, 6.45) is 0. The Balaban J connectivity index is 0.00000341. The number of rotatable bonds is 6. The molecular formula is C21H27F2IN4O2S. The molecule has 0 saturated carbocycles. The van der Waals surface area contributed by atoms with Crippen LogP contribution in [0.4, 0.5) is 14.5 Å². The topological polar surface area (TPSA) is 65.0 Å². The van der Waals surface area contributed by atoms with Crippen LogP contribution in [0.1, 0.15) is 6.92 Å². The molecule has 31 heavy (non-hydrogen) atoms. The molecule has 0 bridgehead atoms. The van der Waals surface area contributed by atoms with Crippen molar-refractivity contribution in [2.75, 3.05) is 49.9 Å². The van der Waals surface area contributed by atoms with E-state index in [1.165, 1.54) is 6.07 Å². The highest BCUT2D eigenvalue weighted by atomic mass is 127. The minimum absolute atomic E-state index is 0. The number of nitrogens with zero attached hydrogens (tertiary/aromatic N) is 3. The first kappa shape index (κ1) is 25.3. The third-order valence-electron chi connectivity index (χ3n) is 4.89. The summed E-state index contributed by atoms with van der Waals surface area (Å²) in [5.41, 5.74) is 0.255. The lowest BCUT2D eigenvalue weighted by Gasteiger charge is -2.37. The molecule has 0 atom stereocenters. The molecule has 1 fully saturated rings. The monoisotopic (exact) mass is 564 g/mol. The van der Waals surface area contributed by atoms with E-state index in [2.05, 4.69) is 10.3 Å². The summed E-state index contributed by atoms with van der Waals surface area (Å²) in [5, 5.41) is 3.18. The highest BCUT2D eigenvalue weighted by molar-refractivity contribution is 14.0. The molecule has 0 unspecified atom stereocenters. The van der Waals surface area contributed by atoms with E-state index in [0.717, 1.165) is 12.1 Å². The second-order valence-corrected chi connectivity index (χ2v) is 9.05. The Labute approximate surface area is 199 Å². The number of halogens is 3. The SMILES string of the molecule is CCNC(=NCCS(=O)(=O)c1ccccc1)N1CCN(c2cc(F)ccc2F)CC1.I. The van der Waals surface area contributed by atoms with E-state index in [1.807, 2.05) is 11.8 Å². The normalized spacial score (nSPS) is 14.9. The van der Waals surface area contributed by atoms with Gasteiger partial charge in [0.05, 0.1) is 22.9 Å². The number of guanidine groups is 1. The third kappa shape index (κ3) is 6.76. The van der Waals surface area contributed by atoms with Crippen molar-refractivity contribution in [3.05, 3.63) is 60.2 Å². The van der Waals surface area contributed by atoms with Crippen LogP contribution in [0.15, 0.2) is 58.4 Å². The standard InChI is InChI=1S/C21H26F2N4O2S.HI/c1-2-24-21(25-10-15-30(28,29)18-6-4-3-5-7-18)27-13-11-26(12-14-27)20-16-17(22)8-9-19(20)23;/h3-9,16H,2,10-15H2,1H3,(H,24,25);1H. The second kappa shape index (κ2) is 11.6. The van der Waals surface area contributed by atoms with Crippen molar-refractivity contribution in [1.29, 1.82) is 0 Å². The first-order valence-electron chi connectivity index (χ1n) is 9.92. The zero-order valence-electron chi connectivity index (χ0n) is 17.3. The predicted octanol–water partition coefficient (Wildman–Crippen LogP) is 3.14. The van der Waals surface area contributed by atoms with E-state index in [-0.39, 0.29) is 46.9 Å². The van der Waals surface area contributed by atoms with Gasteiger partial charge in [0.25, 0.3) is 0 Å². The van der Waals surface area contributed by atoms with Crippen molar-refractivity contribution in [3.63, 3.8) is 0 Å². The zero-order valence-corrected chi connectivity index (χ0v) is 20.4. The van der Waals surface area contributed by atoms with Gasteiger partial charge in [0.15, 0.2) is 15.8 Å². The van der Waals surface area contributed by atoms with Gasteiger partial charge in [-0.1, -0.05) is 18.2 Å². The summed E-state index contributed by atoms with van der Waals surface area (Å²) in [6.45, 7) is 4.86. The van der Waals surface area contributed by atoms with Gasteiger partial charge in [-0.25, -0.2) is 17.2 Å². The Bertz CT molecular complexity index is 982. The highest BCUT2D eigenvalue weighted by Crippen LogP contribution is 2.22. The van der Waals surface area contributed by atoms with E-state index < -0.39 is 21.5 Å². The van der Waals surface area contributed by atoms with E-state index in [0.29, 0.717) is 38.7 Å². The van der Waals surface area contributed by atoms with E-state index >= 15 is 0 Å². The maximum absolute atomic E-state index is 14.0. The molecule has 1 heterocycles. The maximum Gasteiger partial charge on any atom is 0.194 e. The summed E-state index contributed by atoms with van der Waals surface area (Å²) in [7, 11) is -3.39. The Kier molecular flexibility index (Phi) is 9.48. The minimum atomic E-state index is -3.39. The van der Waals surface area contributed by atoms with Gasteiger partial charge in [-0.15, -0.1) is 24.0 Å². The van der Waals surface area contributed by atoms with Gasteiger partial charge < -0.3 is 15.1 Å². The van der Waals surface area contributed by atoms with Crippen molar-refractivity contribution in [3.8, 4) is 0 Å². The van der Waals surface area contributed by atoms with Crippen molar-refractivity contribution in [2.24, 2.45) is 4.99 Å². The lowest BCUT2D eigenvalue weighted by Crippen LogP contribution is -2.52. The largest absolute Gasteiger partial charge is 0.366 e. The molecule has 0 aliphatic carbocycles. The molecule has 2 aromatic rings. The fraction of sp³-hybridized carbons (Fsp3) is 0.381. The molecule has 3 rings (SSSR count). The smallest absolute Gasteiger partial charge is 0.194 e. The lowest BCUT2D eigenvalue weighted by molar-refractivity contribution is 0.371. The molecule has 10 heteroatoms. The molecular weight excluding hydrogens is 537 g/mol. The number of benzene rings is 2. The summed E-state index contributed by atoms with van der Waals surface area (Å²) in [4.78, 5) is 8.58. The summed E-state index contributed by atoms with van der Waals surface area (Å²) in [5.74, 6) is -0.375. The summed E-state index contributed by atoms with van der Waals surface area (Å²) in [6, 6.07) is 11.8. The van der Waals surface area contributed by atoms with Gasteiger partial charge in [0, 0.05) is 38.8 Å². The van der Waals surface area contributed by atoms with Crippen LogP contribution in [-0.4, -0.2) is 64.3 Å². The van der Waals surface area contributed by atoms with Crippen LogP contribution in [0.25, 0.3) is 0 Å². The average molecular weight is 564 g/mol. The quantitative estimate of drug-likeness (QED) is 0.332. The number of sulfone groups is 1. The van der Waals surface area contributed by atoms with Crippen LogP contribution in [-0.2, 0) is 9.84 Å². The van der Waals surface area contributed by atoms with Crippen molar-refractivity contribution < 1.29 is 17.2 Å². The Morgan fingerprint density at radius 2 is 1.74 bits per heavy atom. The molecule has 2 aromatic carbocycles. The van der Waals surface area contributed by atoms with Gasteiger partial charge in [0.1, 0.15) is 11.6 Å². The van der Waals surface area contributed by atoms with E-state index in [4.69, 9.17) is 0 Å². The minimum Gasteiger partial charge on any atom is -0.366 e. The molecule has 0 radical (unpaired) electrons. The molecule has 1 aliphatic rings. The number of hydrogen-bond donors (Lipinski definition) is 1. The number of piperazine rings is 1. The van der Waals surface area contributed by atoms with Gasteiger partial charge >= 0.3 is 0 Å². The summed E-state index contributed by atoms with van der Waals surface area (Å²) >= 11 is 0.